The Kier molecular flexibility index (Phi) is 2.14. The Morgan fingerprint density at radius 3 is 2.12 bits per heavy atom. The van der Waals surface area contributed by atoms with Gasteiger partial charge in [-0.25, -0.2) is 0 Å². The van der Waals surface area contributed by atoms with Gasteiger partial charge in [-0.3, -0.25) is 0 Å². The van der Waals surface area contributed by atoms with Gasteiger partial charge >= 0.3 is 0 Å². The van der Waals surface area contributed by atoms with Crippen molar-refractivity contribution in [3.05, 3.63) is 30.3 Å². The third-order valence-corrected chi connectivity index (χ3v) is 2.18. The standard InChI is InChI=1S/C6H5.CH3.Al/c1-2-4-6-5-3-1;;/h1-5H;1H3;. The highest BCUT2D eigenvalue weighted by Gasteiger charge is 1.83. The zero-order valence-electron chi connectivity index (χ0n) is 4.96. The maximum absolute atomic E-state index is 2.25. The van der Waals surface area contributed by atoms with Gasteiger partial charge in [-0.2, -0.15) is 0 Å². The molecule has 1 radical (unpaired) electrons. The fourth-order valence-electron chi connectivity index (χ4n) is 0.645. The minimum Gasteiger partial charge on any atom is -0.124 e. The molecule has 0 aliphatic heterocycles. The average Bonchev–Trinajstić information content (AvgIpc) is 1.90. The number of rotatable bonds is 1. The molecule has 0 aliphatic rings. The number of benzene rings is 1. The normalized spacial score (nSPS) is 8.62. The first-order valence-corrected chi connectivity index (χ1v) is 4.51. The zero-order chi connectivity index (χ0) is 5.82. The molecule has 0 unspecified atom stereocenters. The molecule has 1 heteroatoms. The maximum Gasteiger partial charge on any atom is 0.246 e. The molecular weight excluding hydrogens is 111 g/mol. The summed E-state index contributed by atoms with van der Waals surface area (Å²) < 4.78 is 1.49. The van der Waals surface area contributed by atoms with E-state index < -0.39 is 0 Å². The van der Waals surface area contributed by atoms with E-state index in [4.69, 9.17) is 0 Å². The minimum absolute atomic E-state index is 0.511. The molecule has 0 bridgehead atoms. The van der Waals surface area contributed by atoms with Crippen LogP contribution in [0.25, 0.3) is 0 Å². The van der Waals surface area contributed by atoms with Gasteiger partial charge in [-0.1, -0.05) is 30.3 Å². The van der Waals surface area contributed by atoms with Crippen molar-refractivity contribution in [2.45, 2.75) is 5.79 Å². The van der Waals surface area contributed by atoms with Crippen LogP contribution in [-0.4, -0.2) is 15.2 Å². The van der Waals surface area contributed by atoms with E-state index in [1.54, 1.807) is 0 Å². The van der Waals surface area contributed by atoms with Crippen LogP contribution in [0, 0.1) is 0 Å². The monoisotopic (exact) mass is 119 g/mol. The van der Waals surface area contributed by atoms with Gasteiger partial charge < -0.3 is 0 Å². The predicted octanol–water partition coefficient (Wildman–Crippen LogP) is 1.06. The second-order valence-corrected chi connectivity index (χ2v) is 2.94. The first-order valence-electron chi connectivity index (χ1n) is 2.78. The molecule has 0 N–H and O–H groups in total. The van der Waals surface area contributed by atoms with Crippen LogP contribution in [0.3, 0.4) is 0 Å². The molecule has 0 saturated heterocycles. The van der Waals surface area contributed by atoms with Crippen molar-refractivity contribution in [2.24, 2.45) is 0 Å². The lowest BCUT2D eigenvalue weighted by atomic mass is 10.4. The maximum atomic E-state index is 2.25. The van der Waals surface area contributed by atoms with Crippen molar-refractivity contribution in [1.82, 2.24) is 0 Å². The van der Waals surface area contributed by atoms with E-state index in [1.165, 1.54) is 4.43 Å². The van der Waals surface area contributed by atoms with Crippen molar-refractivity contribution in [2.75, 3.05) is 0 Å². The smallest absolute Gasteiger partial charge is 0.124 e. The second-order valence-electron chi connectivity index (χ2n) is 1.70. The molecule has 0 fully saturated rings. The molecule has 0 spiro atoms. The van der Waals surface area contributed by atoms with Gasteiger partial charge in [-0.05, 0) is 0 Å². The Labute approximate surface area is 56.3 Å². The van der Waals surface area contributed by atoms with E-state index in [-0.39, 0.29) is 0 Å². The quantitative estimate of drug-likeness (QED) is 0.485. The molecule has 0 aliphatic carbocycles. The van der Waals surface area contributed by atoms with Gasteiger partial charge in [0.25, 0.3) is 0 Å². The third-order valence-electron chi connectivity index (χ3n) is 1.13. The summed E-state index contributed by atoms with van der Waals surface area (Å²) >= 11 is 0.511. The van der Waals surface area contributed by atoms with Gasteiger partial charge in [0.05, 0.1) is 0 Å². The van der Waals surface area contributed by atoms with Gasteiger partial charge in [0.1, 0.15) is 0 Å². The molecule has 0 nitrogen and oxygen atoms in total. The van der Waals surface area contributed by atoms with E-state index in [1.807, 2.05) is 0 Å². The molecule has 1 aromatic carbocycles. The molecule has 8 heavy (non-hydrogen) atoms. The van der Waals surface area contributed by atoms with Crippen LogP contribution in [0.15, 0.2) is 30.3 Å². The molecule has 1 aromatic rings. The summed E-state index contributed by atoms with van der Waals surface area (Å²) in [7, 11) is 0. The Balaban J connectivity index is 2.83. The first kappa shape index (κ1) is 5.88. The van der Waals surface area contributed by atoms with Crippen LogP contribution in [0.2, 0.25) is 5.79 Å². The molecule has 0 aromatic heterocycles. The van der Waals surface area contributed by atoms with E-state index in [2.05, 4.69) is 36.1 Å². The highest BCUT2D eigenvalue weighted by atomic mass is 27.1. The highest BCUT2D eigenvalue weighted by molar-refractivity contribution is 6.51. The van der Waals surface area contributed by atoms with E-state index in [0.717, 1.165) is 0 Å². The van der Waals surface area contributed by atoms with Crippen LogP contribution in [0.4, 0.5) is 0 Å². The van der Waals surface area contributed by atoms with Gasteiger partial charge in [0.2, 0.25) is 15.2 Å². The lowest BCUT2D eigenvalue weighted by Crippen LogP contribution is -2.07. The van der Waals surface area contributed by atoms with Gasteiger partial charge in [0.15, 0.2) is 0 Å². The second kappa shape index (κ2) is 2.92. The Morgan fingerprint density at radius 2 is 1.75 bits per heavy atom. The van der Waals surface area contributed by atoms with Crippen molar-refractivity contribution < 1.29 is 0 Å². The zero-order valence-corrected chi connectivity index (χ0v) is 6.12. The molecule has 39 valence electrons. The van der Waals surface area contributed by atoms with Crippen LogP contribution in [0.5, 0.6) is 0 Å². The van der Waals surface area contributed by atoms with Crippen molar-refractivity contribution in [1.29, 1.82) is 0 Å². The predicted molar refractivity (Wildman–Crippen MR) is 37.7 cm³/mol. The summed E-state index contributed by atoms with van der Waals surface area (Å²) in [4.78, 5) is 0. The van der Waals surface area contributed by atoms with Crippen LogP contribution >= 0.6 is 0 Å². The summed E-state index contributed by atoms with van der Waals surface area (Å²) in [6.45, 7) is 0. The topological polar surface area (TPSA) is 0 Å². The van der Waals surface area contributed by atoms with Crippen LogP contribution in [0.1, 0.15) is 0 Å². The fraction of sp³-hybridized carbons (Fsp3) is 0.143. The summed E-state index contributed by atoms with van der Waals surface area (Å²) in [6, 6.07) is 10.6. The van der Waals surface area contributed by atoms with E-state index in [0.29, 0.717) is 15.2 Å². The van der Waals surface area contributed by atoms with Gasteiger partial charge in [0, 0.05) is 0 Å². The summed E-state index contributed by atoms with van der Waals surface area (Å²) in [6.07, 6.45) is 0. The summed E-state index contributed by atoms with van der Waals surface area (Å²) in [5.74, 6) is 2.25. The largest absolute Gasteiger partial charge is 0.246 e. The summed E-state index contributed by atoms with van der Waals surface area (Å²) in [5, 5.41) is 0. The van der Waals surface area contributed by atoms with Crippen molar-refractivity contribution >= 4 is 19.6 Å². The lowest BCUT2D eigenvalue weighted by Gasteiger charge is -1.88. The Bertz CT molecular complexity index is 146. The highest BCUT2D eigenvalue weighted by Crippen LogP contribution is 1.79. The van der Waals surface area contributed by atoms with E-state index in [9.17, 15) is 0 Å². The first-order chi connectivity index (χ1) is 3.93. The molecular formula is C7H8Al. The molecule has 0 atom stereocenters. The molecule has 0 heterocycles. The lowest BCUT2D eigenvalue weighted by molar-refractivity contribution is 1.77. The Hall–Kier alpha value is -0.248. The van der Waals surface area contributed by atoms with Crippen LogP contribution < -0.4 is 4.43 Å². The Morgan fingerprint density at radius 1 is 1.12 bits per heavy atom. The number of hydrogen-bond acceptors (Lipinski definition) is 0. The average molecular weight is 119 g/mol. The number of hydrogen-bond donors (Lipinski definition) is 0. The third kappa shape index (κ3) is 1.37. The molecule has 1 rings (SSSR count). The van der Waals surface area contributed by atoms with E-state index >= 15 is 0 Å². The van der Waals surface area contributed by atoms with Crippen LogP contribution in [-0.2, 0) is 0 Å². The fourth-order valence-corrected chi connectivity index (χ4v) is 1.25. The SMILES string of the molecule is [CH3][Al][c]1ccccc1. The molecule has 0 amide bonds. The summed E-state index contributed by atoms with van der Waals surface area (Å²) in [5.41, 5.74) is 0. The van der Waals surface area contributed by atoms with Crippen molar-refractivity contribution in [3.8, 4) is 0 Å². The minimum atomic E-state index is 0.511. The van der Waals surface area contributed by atoms with Gasteiger partial charge in [-0.15, -0.1) is 10.2 Å². The molecule has 0 saturated carbocycles. The van der Waals surface area contributed by atoms with Crippen molar-refractivity contribution in [3.63, 3.8) is 0 Å².